The summed E-state index contributed by atoms with van der Waals surface area (Å²) in [5.74, 6) is 0.612. The zero-order chi connectivity index (χ0) is 18.9. The Labute approximate surface area is 161 Å². The van der Waals surface area contributed by atoms with Crippen LogP contribution >= 0.6 is 15.9 Å². The lowest BCUT2D eigenvalue weighted by molar-refractivity contribution is -0.117. The molecule has 6 nitrogen and oxygen atoms in total. The molecule has 1 N–H and O–H groups in total. The summed E-state index contributed by atoms with van der Waals surface area (Å²) in [6.45, 7) is 2.56. The molecule has 0 bridgehead atoms. The van der Waals surface area contributed by atoms with Gasteiger partial charge in [-0.2, -0.15) is 0 Å². The molecular weight excluding hydrogens is 420 g/mol. The predicted octanol–water partition coefficient (Wildman–Crippen LogP) is 3.69. The molecule has 2 aromatic rings. The number of halogens is 1. The number of rotatable bonds is 5. The van der Waals surface area contributed by atoms with Crippen LogP contribution in [0.1, 0.15) is 18.4 Å². The number of carbonyl (C=O) groups excluding carboxylic acids is 1. The average molecular weight is 439 g/mol. The van der Waals surface area contributed by atoms with Crippen LogP contribution in [0, 0.1) is 6.92 Å². The maximum absolute atomic E-state index is 12.7. The van der Waals surface area contributed by atoms with Gasteiger partial charge in [0.15, 0.2) is 0 Å². The molecule has 8 heteroatoms. The molecule has 1 aliphatic heterocycles. The highest BCUT2D eigenvalue weighted by Gasteiger charge is 2.24. The maximum atomic E-state index is 12.7. The maximum Gasteiger partial charge on any atom is 0.261 e. The van der Waals surface area contributed by atoms with Gasteiger partial charge in [-0.3, -0.25) is 9.52 Å². The van der Waals surface area contributed by atoms with E-state index in [1.54, 1.807) is 23.1 Å². The monoisotopic (exact) mass is 438 g/mol. The smallest absolute Gasteiger partial charge is 0.261 e. The van der Waals surface area contributed by atoms with Crippen LogP contribution in [0.25, 0.3) is 0 Å². The van der Waals surface area contributed by atoms with Gasteiger partial charge in [0.25, 0.3) is 10.0 Å². The van der Waals surface area contributed by atoms with Gasteiger partial charge in [-0.05, 0) is 65.2 Å². The number of benzene rings is 2. The van der Waals surface area contributed by atoms with Crippen LogP contribution in [0.15, 0.2) is 45.8 Å². The minimum atomic E-state index is -3.77. The molecule has 0 unspecified atom stereocenters. The topological polar surface area (TPSA) is 75.7 Å². The van der Waals surface area contributed by atoms with Gasteiger partial charge < -0.3 is 9.64 Å². The lowest BCUT2D eigenvalue weighted by Gasteiger charge is -2.20. The Morgan fingerprint density at radius 1 is 1.19 bits per heavy atom. The van der Waals surface area contributed by atoms with E-state index in [0.29, 0.717) is 28.9 Å². The van der Waals surface area contributed by atoms with Crippen molar-refractivity contribution in [2.24, 2.45) is 0 Å². The van der Waals surface area contributed by atoms with Crippen molar-refractivity contribution in [3.05, 3.63) is 46.4 Å². The first-order valence-electron chi connectivity index (χ1n) is 8.09. The highest BCUT2D eigenvalue weighted by atomic mass is 79.9. The largest absolute Gasteiger partial charge is 0.496 e. The number of ether oxygens (including phenoxy) is 1. The zero-order valence-corrected chi connectivity index (χ0v) is 16.9. The van der Waals surface area contributed by atoms with E-state index >= 15 is 0 Å². The standard InChI is InChI=1S/C18H19BrN2O4S/c1-12-5-6-13(10-16(12)21-9-3-4-18(21)22)20-26(23,24)14-7-8-17(25-2)15(19)11-14/h5-8,10-11,20H,3-4,9H2,1-2H3. The highest BCUT2D eigenvalue weighted by molar-refractivity contribution is 9.10. The Bertz CT molecular complexity index is 960. The van der Waals surface area contributed by atoms with Crippen LogP contribution in [-0.2, 0) is 14.8 Å². The minimum absolute atomic E-state index is 0.0622. The van der Waals surface area contributed by atoms with E-state index in [1.807, 2.05) is 13.0 Å². The van der Waals surface area contributed by atoms with E-state index in [2.05, 4.69) is 20.7 Å². The Morgan fingerprint density at radius 2 is 1.96 bits per heavy atom. The van der Waals surface area contributed by atoms with Crippen LogP contribution in [0.4, 0.5) is 11.4 Å². The number of amides is 1. The number of anilines is 2. The fraction of sp³-hybridized carbons (Fsp3) is 0.278. The van der Waals surface area contributed by atoms with Crippen LogP contribution in [0.5, 0.6) is 5.75 Å². The molecule has 0 radical (unpaired) electrons. The molecule has 2 aromatic carbocycles. The van der Waals surface area contributed by atoms with Crippen LogP contribution in [0.2, 0.25) is 0 Å². The van der Waals surface area contributed by atoms with Gasteiger partial charge in [0, 0.05) is 18.7 Å². The lowest BCUT2D eigenvalue weighted by atomic mass is 10.1. The summed E-state index contributed by atoms with van der Waals surface area (Å²) in [6.07, 6.45) is 1.34. The molecule has 0 atom stereocenters. The highest BCUT2D eigenvalue weighted by Crippen LogP contribution is 2.31. The summed E-state index contributed by atoms with van der Waals surface area (Å²) in [7, 11) is -2.25. The molecule has 1 saturated heterocycles. The van der Waals surface area contributed by atoms with Gasteiger partial charge in [0.05, 0.1) is 22.2 Å². The van der Waals surface area contributed by atoms with Crippen molar-refractivity contribution in [1.29, 1.82) is 0 Å². The number of nitrogens with zero attached hydrogens (tertiary/aromatic N) is 1. The van der Waals surface area contributed by atoms with E-state index in [0.717, 1.165) is 17.7 Å². The average Bonchev–Trinajstić information content (AvgIpc) is 3.02. The third kappa shape index (κ3) is 3.71. The number of methoxy groups -OCH3 is 1. The number of hydrogen-bond acceptors (Lipinski definition) is 4. The van der Waals surface area contributed by atoms with E-state index in [9.17, 15) is 13.2 Å². The van der Waals surface area contributed by atoms with Crippen molar-refractivity contribution in [3.8, 4) is 5.75 Å². The van der Waals surface area contributed by atoms with Crippen LogP contribution in [0.3, 0.4) is 0 Å². The molecule has 0 spiro atoms. The van der Waals surface area contributed by atoms with Gasteiger partial charge in [0.1, 0.15) is 5.75 Å². The van der Waals surface area contributed by atoms with Crippen molar-refractivity contribution < 1.29 is 17.9 Å². The molecule has 1 aliphatic rings. The zero-order valence-electron chi connectivity index (χ0n) is 14.5. The van der Waals surface area contributed by atoms with Crippen molar-refractivity contribution >= 4 is 43.2 Å². The predicted molar refractivity (Wildman–Crippen MR) is 104 cm³/mol. The summed E-state index contributed by atoms with van der Waals surface area (Å²) < 4.78 is 33.6. The Hall–Kier alpha value is -2.06. The number of nitrogens with one attached hydrogen (secondary N) is 1. The van der Waals surface area contributed by atoms with E-state index in [4.69, 9.17) is 4.74 Å². The Balaban J connectivity index is 1.90. The quantitative estimate of drug-likeness (QED) is 0.771. The third-order valence-electron chi connectivity index (χ3n) is 4.26. The molecule has 1 heterocycles. The summed E-state index contributed by atoms with van der Waals surface area (Å²) in [5.41, 5.74) is 2.08. The van der Waals surface area contributed by atoms with Crippen LogP contribution < -0.4 is 14.4 Å². The van der Waals surface area contributed by atoms with Gasteiger partial charge >= 0.3 is 0 Å². The minimum Gasteiger partial charge on any atom is -0.496 e. The number of hydrogen-bond donors (Lipinski definition) is 1. The molecule has 0 aromatic heterocycles. The van der Waals surface area contributed by atoms with Crippen molar-refractivity contribution in [3.63, 3.8) is 0 Å². The molecule has 3 rings (SSSR count). The molecule has 1 fully saturated rings. The second-order valence-electron chi connectivity index (χ2n) is 6.05. The fourth-order valence-electron chi connectivity index (χ4n) is 2.89. The van der Waals surface area contributed by atoms with E-state index in [1.165, 1.54) is 19.2 Å². The van der Waals surface area contributed by atoms with Gasteiger partial charge in [0.2, 0.25) is 5.91 Å². The normalized spacial score (nSPS) is 14.6. The SMILES string of the molecule is COc1ccc(S(=O)(=O)Nc2ccc(C)c(N3CCCC3=O)c2)cc1Br. The summed E-state index contributed by atoms with van der Waals surface area (Å²) in [6, 6.07) is 9.75. The summed E-state index contributed by atoms with van der Waals surface area (Å²) in [4.78, 5) is 13.8. The van der Waals surface area contributed by atoms with E-state index in [-0.39, 0.29) is 10.8 Å². The van der Waals surface area contributed by atoms with Crippen molar-refractivity contribution in [2.45, 2.75) is 24.7 Å². The summed E-state index contributed by atoms with van der Waals surface area (Å²) >= 11 is 3.30. The lowest BCUT2D eigenvalue weighted by Crippen LogP contribution is -2.24. The Morgan fingerprint density at radius 3 is 2.58 bits per heavy atom. The van der Waals surface area contributed by atoms with E-state index < -0.39 is 10.0 Å². The van der Waals surface area contributed by atoms with Gasteiger partial charge in [-0.15, -0.1) is 0 Å². The van der Waals surface area contributed by atoms with Crippen molar-refractivity contribution in [1.82, 2.24) is 0 Å². The van der Waals surface area contributed by atoms with Crippen molar-refractivity contribution in [2.75, 3.05) is 23.3 Å². The first kappa shape index (κ1) is 18.7. The Kier molecular flexibility index (Phi) is 5.24. The van der Waals surface area contributed by atoms with Gasteiger partial charge in [-0.25, -0.2) is 8.42 Å². The molecule has 26 heavy (non-hydrogen) atoms. The van der Waals surface area contributed by atoms with Gasteiger partial charge in [-0.1, -0.05) is 6.07 Å². The van der Waals surface area contributed by atoms with Crippen LogP contribution in [-0.4, -0.2) is 28.0 Å². The second kappa shape index (κ2) is 7.28. The second-order valence-corrected chi connectivity index (χ2v) is 8.59. The first-order chi connectivity index (χ1) is 12.3. The molecule has 0 aliphatic carbocycles. The molecule has 1 amide bonds. The molecule has 0 saturated carbocycles. The number of aryl methyl sites for hydroxylation is 1. The fourth-order valence-corrected chi connectivity index (χ4v) is 4.66. The number of carbonyl (C=O) groups is 1. The number of sulfonamides is 1. The molecule has 138 valence electrons. The first-order valence-corrected chi connectivity index (χ1v) is 10.4. The summed E-state index contributed by atoms with van der Waals surface area (Å²) in [5, 5.41) is 0. The molecular formula is C18H19BrN2O4S. The third-order valence-corrected chi connectivity index (χ3v) is 6.26.